The van der Waals surface area contributed by atoms with E-state index >= 15 is 0 Å². The van der Waals surface area contributed by atoms with Crippen LogP contribution in [0.15, 0.2) is 223 Å². The summed E-state index contributed by atoms with van der Waals surface area (Å²) >= 11 is 0. The third-order valence-corrected chi connectivity index (χ3v) is 15.9. The van der Waals surface area contributed by atoms with Gasteiger partial charge in [0.1, 0.15) is 11.3 Å². The number of Topliss-reactive ketones (excluding diaryl/α,β-unsaturated/α-hetero) is 1. The molecular weight excluding hydrogens is 965 g/mol. The van der Waals surface area contributed by atoms with Crippen molar-refractivity contribution in [2.24, 2.45) is 0 Å². The molecule has 62 heavy (non-hydrogen) atoms. The zero-order chi connectivity index (χ0) is 43.6. The van der Waals surface area contributed by atoms with Gasteiger partial charge in [0, 0.05) is 87.0 Å². The van der Waals surface area contributed by atoms with E-state index in [1.54, 1.807) is 24.3 Å². The predicted molar refractivity (Wildman–Crippen MR) is 242 cm³/mol. The van der Waals surface area contributed by atoms with E-state index in [0.29, 0.717) is 0 Å². The molecule has 0 unspecified atom stereocenters. The summed E-state index contributed by atoms with van der Waals surface area (Å²) in [5, 5.41) is 15.1. The average Bonchev–Trinajstić information content (AvgIpc) is 3.30. The molecule has 8 rings (SSSR count). The van der Waals surface area contributed by atoms with Crippen LogP contribution in [0.2, 0.25) is 0 Å². The molecule has 0 bridgehead atoms. The SMILES string of the molecule is C=C(C)P(=O)(c1ccccc1)c1ccccc1.O=C(c1c(O)c2ccccc2n(-c2ccccc2)c1=O)C(F)(F)F.O=P(c1ccccc1)(c1ccccc1)c1ccccc1.[Eu]. The van der Waals surface area contributed by atoms with Crippen LogP contribution in [-0.2, 0) is 9.13 Å². The number of nitrogens with zero attached hydrogens (tertiary/aromatic N) is 1. The zero-order valence-electron chi connectivity index (χ0n) is 33.3. The molecule has 313 valence electrons. The summed E-state index contributed by atoms with van der Waals surface area (Å²) in [6, 6.07) is 62.1. The summed E-state index contributed by atoms with van der Waals surface area (Å²) in [7, 11) is -5.47. The molecule has 0 spiro atoms. The van der Waals surface area contributed by atoms with E-state index in [1.165, 1.54) is 30.3 Å². The molecule has 0 amide bonds. The number of alkyl halides is 3. The molecule has 12 heteroatoms. The third kappa shape index (κ3) is 10.3. The average molecular weight is 1010 g/mol. The summed E-state index contributed by atoms with van der Waals surface area (Å²) < 4.78 is 66.5. The fourth-order valence-corrected chi connectivity index (χ4v) is 11.8. The molecule has 0 saturated carbocycles. The number of hydrogen-bond donors (Lipinski definition) is 1. The largest absolute Gasteiger partial charge is 0.506 e. The Morgan fingerprint density at radius 1 is 0.548 bits per heavy atom. The summed E-state index contributed by atoms with van der Waals surface area (Å²) in [5.74, 6) is -3.34. The van der Waals surface area contributed by atoms with E-state index in [9.17, 15) is 37.0 Å². The Hall–Kier alpha value is -5.21. The van der Waals surface area contributed by atoms with Crippen molar-refractivity contribution in [1.82, 2.24) is 4.57 Å². The number of allylic oxidation sites excluding steroid dienone is 1. The molecule has 0 fully saturated rings. The first-order valence-corrected chi connectivity index (χ1v) is 22.4. The minimum Gasteiger partial charge on any atom is -0.506 e. The van der Waals surface area contributed by atoms with Gasteiger partial charge >= 0.3 is 6.18 Å². The number of carbonyl (C=O) groups excluding carboxylic acids is 1. The first-order valence-electron chi connectivity index (χ1n) is 19.0. The van der Waals surface area contributed by atoms with E-state index in [2.05, 4.69) is 6.58 Å². The van der Waals surface area contributed by atoms with Crippen LogP contribution < -0.4 is 32.1 Å². The molecule has 1 aromatic heterocycles. The Balaban J connectivity index is 0.000000177. The molecule has 0 aliphatic heterocycles. The Kier molecular flexibility index (Phi) is 16.4. The van der Waals surface area contributed by atoms with Gasteiger partial charge in [0.25, 0.3) is 11.3 Å². The molecule has 6 nitrogen and oxygen atoms in total. The van der Waals surface area contributed by atoms with Crippen molar-refractivity contribution < 1.29 is 81.6 Å². The van der Waals surface area contributed by atoms with Gasteiger partial charge in [0.2, 0.25) is 0 Å². The Morgan fingerprint density at radius 2 is 0.871 bits per heavy atom. The van der Waals surface area contributed by atoms with E-state index in [0.717, 1.165) is 36.4 Å². The van der Waals surface area contributed by atoms with Gasteiger partial charge in [-0.2, -0.15) is 13.2 Å². The number of carbonyl (C=O) groups is 1. The number of ketones is 1. The molecule has 0 aliphatic carbocycles. The number of aromatic hydroxyl groups is 1. The Bertz CT molecular complexity index is 2770. The second kappa shape index (κ2) is 21.2. The third-order valence-electron chi connectivity index (χ3n) is 9.69. The Labute approximate surface area is 398 Å². The maximum absolute atomic E-state index is 13.8. The quantitative estimate of drug-likeness (QED) is 0.121. The number of hydrogen-bond acceptors (Lipinski definition) is 5. The van der Waals surface area contributed by atoms with E-state index in [-0.39, 0.29) is 66.0 Å². The number of benzene rings is 7. The van der Waals surface area contributed by atoms with Gasteiger partial charge in [-0.05, 0) is 36.5 Å². The number of para-hydroxylation sites is 2. The molecule has 0 saturated heterocycles. The van der Waals surface area contributed by atoms with Crippen LogP contribution in [0.1, 0.15) is 17.3 Å². The minimum absolute atomic E-state index is 0. The summed E-state index contributed by atoms with van der Waals surface area (Å²) in [6.07, 6.45) is -5.27. The van der Waals surface area contributed by atoms with E-state index in [4.69, 9.17) is 0 Å². The molecule has 0 aliphatic rings. The van der Waals surface area contributed by atoms with Crippen molar-refractivity contribution >= 4 is 57.5 Å². The van der Waals surface area contributed by atoms with Crippen molar-refractivity contribution in [3.63, 3.8) is 0 Å². The van der Waals surface area contributed by atoms with Gasteiger partial charge in [0.15, 0.2) is 14.3 Å². The van der Waals surface area contributed by atoms with Crippen molar-refractivity contribution in [3.8, 4) is 11.4 Å². The second-order valence-electron chi connectivity index (χ2n) is 13.7. The zero-order valence-corrected chi connectivity index (χ0v) is 37.5. The van der Waals surface area contributed by atoms with E-state index < -0.39 is 43.1 Å². The van der Waals surface area contributed by atoms with Gasteiger partial charge in [-0.1, -0.05) is 189 Å². The van der Waals surface area contributed by atoms with Gasteiger partial charge in [-0.3, -0.25) is 14.2 Å². The van der Waals surface area contributed by atoms with Crippen LogP contribution >= 0.6 is 14.3 Å². The number of fused-ring (bicyclic) bond motifs is 1. The smallest absolute Gasteiger partial charge is 0.455 e. The maximum Gasteiger partial charge on any atom is 0.455 e. The van der Waals surface area contributed by atoms with Crippen molar-refractivity contribution in [1.29, 1.82) is 0 Å². The van der Waals surface area contributed by atoms with E-state index in [1.807, 2.05) is 159 Å². The number of pyridine rings is 1. The monoisotopic (exact) mass is 1010 g/mol. The summed E-state index contributed by atoms with van der Waals surface area (Å²) in [4.78, 5) is 24.2. The molecule has 1 heterocycles. The predicted octanol–water partition coefficient (Wildman–Crippen LogP) is 10.3. The van der Waals surface area contributed by atoms with Crippen molar-refractivity contribution in [3.05, 3.63) is 234 Å². The first kappa shape index (κ1) is 47.8. The maximum atomic E-state index is 13.8. The molecule has 1 radical (unpaired) electrons. The minimum atomic E-state index is -5.27. The molecule has 8 aromatic rings. The topological polar surface area (TPSA) is 93.4 Å². The second-order valence-corrected chi connectivity index (χ2v) is 19.5. The fourth-order valence-electron chi connectivity index (χ4n) is 6.73. The molecular formula is C50H40EuF3NO5P2. The molecule has 0 atom stereocenters. The van der Waals surface area contributed by atoms with Crippen LogP contribution in [0, 0.1) is 49.4 Å². The molecule has 1 N–H and O–H groups in total. The summed E-state index contributed by atoms with van der Waals surface area (Å²) in [6.45, 7) is 5.75. The van der Waals surface area contributed by atoms with Gasteiger partial charge in [0.05, 0.1) is 5.52 Å². The van der Waals surface area contributed by atoms with Crippen molar-refractivity contribution in [2.75, 3.05) is 0 Å². The first-order chi connectivity index (χ1) is 29.3. The van der Waals surface area contributed by atoms with Gasteiger partial charge in [-0.25, -0.2) is 0 Å². The number of aromatic nitrogens is 1. The van der Waals surface area contributed by atoms with Crippen LogP contribution in [0.3, 0.4) is 0 Å². The fraction of sp³-hybridized carbons (Fsp3) is 0.0400. The van der Waals surface area contributed by atoms with Gasteiger partial charge < -0.3 is 14.2 Å². The Morgan fingerprint density at radius 3 is 1.23 bits per heavy atom. The normalized spacial score (nSPS) is 11.2. The van der Waals surface area contributed by atoms with Gasteiger partial charge in [-0.15, -0.1) is 0 Å². The number of rotatable bonds is 8. The van der Waals surface area contributed by atoms with Crippen molar-refractivity contribution in [2.45, 2.75) is 13.1 Å². The summed E-state index contributed by atoms with van der Waals surface area (Å²) in [5.41, 5.74) is -2.02. The number of halogens is 3. The van der Waals surface area contributed by atoms with Crippen LogP contribution in [0.25, 0.3) is 16.6 Å². The standard InChI is InChI=1S/C18H15OP.C17H10F3NO3.C15H15OP.Eu/c19-20(16-10-4-1-5-11-16,17-12-6-2-7-13-17)18-14-8-3-9-15-18;18-17(19,20)15(23)13-14(22)11-8-4-5-9-12(11)21(16(13)24)10-6-2-1-3-7-10;1-13(2)17(16,14-9-5-3-6-10-14)15-11-7-4-8-12-15;/h1-15H;1-9,22H;3-12H,1H2,2H3;. The van der Waals surface area contributed by atoms with Crippen LogP contribution in [0.5, 0.6) is 5.75 Å². The molecule has 7 aromatic carbocycles. The van der Waals surface area contributed by atoms with Crippen LogP contribution in [-0.4, -0.2) is 21.6 Å². The van der Waals surface area contributed by atoms with Crippen LogP contribution in [0.4, 0.5) is 13.2 Å².